The van der Waals surface area contributed by atoms with Crippen molar-refractivity contribution >= 4 is 49.2 Å². The Kier molecular flexibility index (Phi) is 5.50. The number of halogens is 1. The van der Waals surface area contributed by atoms with E-state index < -0.39 is 0 Å². The second-order valence-electron chi connectivity index (χ2n) is 6.77. The highest BCUT2D eigenvalue weighted by Gasteiger charge is 2.23. The molecule has 2 aromatic heterocycles. The van der Waals surface area contributed by atoms with Crippen molar-refractivity contribution in [2.75, 3.05) is 25.1 Å². The van der Waals surface area contributed by atoms with E-state index >= 15 is 0 Å². The molecule has 0 aliphatic carbocycles. The fourth-order valence-corrected chi connectivity index (χ4v) is 5.05. The number of rotatable bonds is 5. The number of nitrogens with zero attached hydrogens (tertiary/aromatic N) is 3. The number of aryl methyl sites for hydroxylation is 1. The second-order valence-corrected chi connectivity index (χ2v) is 8.68. The second kappa shape index (κ2) is 8.05. The van der Waals surface area contributed by atoms with Crippen LogP contribution in [-0.4, -0.2) is 36.1 Å². The summed E-state index contributed by atoms with van der Waals surface area (Å²) in [6.45, 7) is 4.38. The van der Waals surface area contributed by atoms with Crippen molar-refractivity contribution in [2.24, 2.45) is 0 Å². The molecule has 0 radical (unpaired) electrons. The van der Waals surface area contributed by atoms with Gasteiger partial charge in [0, 0.05) is 29.7 Å². The molecule has 1 N–H and O–H groups in total. The number of methoxy groups -OCH3 is 1. The number of nitrogens with one attached hydrogen (secondary N) is 1. The van der Waals surface area contributed by atoms with E-state index in [9.17, 15) is 4.79 Å². The molecule has 1 saturated heterocycles. The van der Waals surface area contributed by atoms with Crippen LogP contribution in [0.1, 0.15) is 33.6 Å². The largest absolute Gasteiger partial charge is 0.496 e. The highest BCUT2D eigenvalue weighted by Crippen LogP contribution is 2.36. The van der Waals surface area contributed by atoms with Gasteiger partial charge in [0.05, 0.1) is 17.4 Å². The molecule has 28 heavy (non-hydrogen) atoms. The van der Waals surface area contributed by atoms with E-state index in [2.05, 4.69) is 36.1 Å². The first kappa shape index (κ1) is 19.1. The standard InChI is InChI=1S/C20H21BrN4O2S/c1-12-16-18(25-7-3-4-8-25)23-11-24-20(16)28-17(12)19(26)22-10-13-9-14(21)5-6-15(13)27-2/h5-6,9,11H,3-4,7-8,10H2,1-2H3,(H,22,26). The lowest BCUT2D eigenvalue weighted by atomic mass is 10.1. The van der Waals surface area contributed by atoms with Crippen LogP contribution < -0.4 is 15.0 Å². The number of hydrogen-bond acceptors (Lipinski definition) is 6. The zero-order valence-corrected chi connectivity index (χ0v) is 18.2. The van der Waals surface area contributed by atoms with E-state index in [1.54, 1.807) is 13.4 Å². The first-order chi connectivity index (χ1) is 13.6. The number of anilines is 1. The normalized spacial score (nSPS) is 13.9. The molecule has 1 aliphatic heterocycles. The van der Waals surface area contributed by atoms with Crippen LogP contribution in [0.2, 0.25) is 0 Å². The molecule has 6 nitrogen and oxygen atoms in total. The highest BCUT2D eigenvalue weighted by atomic mass is 79.9. The lowest BCUT2D eigenvalue weighted by Gasteiger charge is -2.17. The van der Waals surface area contributed by atoms with Gasteiger partial charge in [-0.3, -0.25) is 4.79 Å². The molecule has 8 heteroatoms. The van der Waals surface area contributed by atoms with Gasteiger partial charge in [0.25, 0.3) is 5.91 Å². The first-order valence-corrected chi connectivity index (χ1v) is 10.8. The third kappa shape index (κ3) is 3.58. The Bertz CT molecular complexity index is 1030. The molecule has 146 valence electrons. The molecular formula is C20H21BrN4O2S. The summed E-state index contributed by atoms with van der Waals surface area (Å²) in [5, 5.41) is 4.02. The molecule has 0 bridgehead atoms. The average molecular weight is 461 g/mol. The minimum atomic E-state index is -0.102. The van der Waals surface area contributed by atoms with Crippen molar-refractivity contribution in [1.82, 2.24) is 15.3 Å². The number of carbonyl (C=O) groups excluding carboxylic acids is 1. The number of hydrogen-bond donors (Lipinski definition) is 1. The topological polar surface area (TPSA) is 67.3 Å². The smallest absolute Gasteiger partial charge is 0.261 e. The van der Waals surface area contributed by atoms with Gasteiger partial charge in [-0.15, -0.1) is 11.3 Å². The predicted octanol–water partition coefficient (Wildman–Crippen LogP) is 4.30. The number of amides is 1. The zero-order chi connectivity index (χ0) is 19.7. The third-order valence-corrected chi connectivity index (χ3v) is 6.69. The minimum Gasteiger partial charge on any atom is -0.496 e. The number of fused-ring (bicyclic) bond motifs is 1. The van der Waals surface area contributed by atoms with Crippen molar-refractivity contribution in [3.05, 3.63) is 45.0 Å². The van der Waals surface area contributed by atoms with Gasteiger partial charge in [0.2, 0.25) is 0 Å². The molecule has 0 spiro atoms. The Hall–Kier alpha value is -2.19. The van der Waals surface area contributed by atoms with Crippen LogP contribution in [0.5, 0.6) is 5.75 Å². The van der Waals surface area contributed by atoms with Crippen molar-refractivity contribution in [3.63, 3.8) is 0 Å². The Balaban J connectivity index is 1.61. The highest BCUT2D eigenvalue weighted by molar-refractivity contribution is 9.10. The maximum Gasteiger partial charge on any atom is 0.261 e. The molecule has 3 aromatic rings. The molecule has 1 fully saturated rings. The summed E-state index contributed by atoms with van der Waals surface area (Å²) >= 11 is 4.89. The van der Waals surface area contributed by atoms with Crippen molar-refractivity contribution < 1.29 is 9.53 Å². The number of carbonyl (C=O) groups is 1. The summed E-state index contributed by atoms with van der Waals surface area (Å²) in [7, 11) is 1.63. The fraction of sp³-hybridized carbons (Fsp3) is 0.350. The SMILES string of the molecule is COc1ccc(Br)cc1CNC(=O)c1sc2ncnc(N3CCCC3)c2c1C. The summed E-state index contributed by atoms with van der Waals surface area (Å²) in [5.74, 6) is 1.60. The summed E-state index contributed by atoms with van der Waals surface area (Å²) in [5.41, 5.74) is 1.86. The number of thiophene rings is 1. The van der Waals surface area contributed by atoms with Gasteiger partial charge in [0.15, 0.2) is 0 Å². The van der Waals surface area contributed by atoms with E-state index in [-0.39, 0.29) is 5.91 Å². The molecule has 4 rings (SSSR count). The number of benzene rings is 1. The Morgan fingerprint density at radius 3 is 2.86 bits per heavy atom. The van der Waals surface area contributed by atoms with Gasteiger partial charge in [-0.25, -0.2) is 9.97 Å². The van der Waals surface area contributed by atoms with E-state index in [1.807, 2.05) is 25.1 Å². The molecule has 1 amide bonds. The zero-order valence-electron chi connectivity index (χ0n) is 15.8. The summed E-state index contributed by atoms with van der Waals surface area (Å²) < 4.78 is 6.33. The Morgan fingerprint density at radius 2 is 2.11 bits per heavy atom. The molecule has 0 unspecified atom stereocenters. The molecule has 1 aromatic carbocycles. The molecule has 3 heterocycles. The van der Waals surface area contributed by atoms with E-state index in [4.69, 9.17) is 4.74 Å². The van der Waals surface area contributed by atoms with E-state index in [0.717, 1.165) is 50.5 Å². The lowest BCUT2D eigenvalue weighted by molar-refractivity contribution is 0.0954. The van der Waals surface area contributed by atoms with Crippen LogP contribution >= 0.6 is 27.3 Å². The maximum atomic E-state index is 12.9. The summed E-state index contributed by atoms with van der Waals surface area (Å²) in [4.78, 5) is 25.7. The van der Waals surface area contributed by atoms with Crippen LogP contribution in [0.4, 0.5) is 5.82 Å². The van der Waals surface area contributed by atoms with Crippen LogP contribution in [0.25, 0.3) is 10.2 Å². The quantitative estimate of drug-likeness (QED) is 0.614. The average Bonchev–Trinajstić information content (AvgIpc) is 3.35. The molecular weight excluding hydrogens is 440 g/mol. The monoisotopic (exact) mass is 460 g/mol. The van der Waals surface area contributed by atoms with Gasteiger partial charge >= 0.3 is 0 Å². The van der Waals surface area contributed by atoms with E-state index in [0.29, 0.717) is 11.4 Å². The fourth-order valence-electron chi connectivity index (χ4n) is 3.58. The van der Waals surface area contributed by atoms with Crippen molar-refractivity contribution in [2.45, 2.75) is 26.3 Å². The number of ether oxygens (including phenoxy) is 1. The summed E-state index contributed by atoms with van der Waals surface area (Å²) in [6, 6.07) is 5.75. The van der Waals surface area contributed by atoms with Crippen LogP contribution in [0.3, 0.4) is 0 Å². The van der Waals surface area contributed by atoms with Crippen LogP contribution in [0.15, 0.2) is 29.0 Å². The van der Waals surface area contributed by atoms with E-state index in [1.165, 1.54) is 24.2 Å². The molecule has 0 saturated carbocycles. The lowest BCUT2D eigenvalue weighted by Crippen LogP contribution is -2.23. The van der Waals surface area contributed by atoms with Gasteiger partial charge in [-0.1, -0.05) is 15.9 Å². The third-order valence-electron chi connectivity index (χ3n) is 5.00. The minimum absolute atomic E-state index is 0.102. The summed E-state index contributed by atoms with van der Waals surface area (Å²) in [6.07, 6.45) is 3.95. The Labute approximate surface area is 176 Å². The van der Waals surface area contributed by atoms with Crippen LogP contribution in [0, 0.1) is 6.92 Å². The van der Waals surface area contributed by atoms with Gasteiger partial charge < -0.3 is 15.0 Å². The van der Waals surface area contributed by atoms with Crippen LogP contribution in [-0.2, 0) is 6.54 Å². The first-order valence-electron chi connectivity index (χ1n) is 9.18. The predicted molar refractivity (Wildman–Crippen MR) is 115 cm³/mol. The maximum absolute atomic E-state index is 12.9. The molecule has 1 aliphatic rings. The Morgan fingerprint density at radius 1 is 1.32 bits per heavy atom. The van der Waals surface area contributed by atoms with Gasteiger partial charge in [-0.2, -0.15) is 0 Å². The van der Waals surface area contributed by atoms with Gasteiger partial charge in [0.1, 0.15) is 22.7 Å². The van der Waals surface area contributed by atoms with Gasteiger partial charge in [-0.05, 0) is 43.5 Å². The van der Waals surface area contributed by atoms with Crippen molar-refractivity contribution in [3.8, 4) is 5.75 Å². The number of aromatic nitrogens is 2. The van der Waals surface area contributed by atoms with Crippen molar-refractivity contribution in [1.29, 1.82) is 0 Å². The molecule has 0 atom stereocenters.